The van der Waals surface area contributed by atoms with Gasteiger partial charge < -0.3 is 19.9 Å². The number of aryl methyl sites for hydroxylation is 2. The summed E-state index contributed by atoms with van der Waals surface area (Å²) in [6.07, 6.45) is 2.16. The van der Waals surface area contributed by atoms with E-state index < -0.39 is 5.97 Å². The molecular formula is C27H33N3O3S. The number of aromatic carboxylic acids is 1. The summed E-state index contributed by atoms with van der Waals surface area (Å²) in [5, 5.41) is 14.1. The molecule has 0 bridgehead atoms. The first-order valence-electron chi connectivity index (χ1n) is 11.9. The highest BCUT2D eigenvalue weighted by Crippen LogP contribution is 2.22. The number of likely N-dealkylation sites (tertiary alicyclic amines) is 1. The van der Waals surface area contributed by atoms with Gasteiger partial charge in [0.05, 0.1) is 11.1 Å². The van der Waals surface area contributed by atoms with Crippen LogP contribution in [-0.2, 0) is 6.54 Å². The Morgan fingerprint density at radius 2 is 1.85 bits per heavy atom. The minimum atomic E-state index is -0.875. The maximum atomic E-state index is 12.7. The Morgan fingerprint density at radius 1 is 1.09 bits per heavy atom. The lowest BCUT2D eigenvalue weighted by Crippen LogP contribution is -2.44. The zero-order valence-electron chi connectivity index (χ0n) is 19.9. The third kappa shape index (κ3) is 5.90. The van der Waals surface area contributed by atoms with Gasteiger partial charge in [-0.15, -0.1) is 11.8 Å². The number of carboxylic acid groups (broad SMARTS) is 1. The molecule has 6 nitrogen and oxygen atoms in total. The summed E-state index contributed by atoms with van der Waals surface area (Å²) in [6.45, 7) is 8.54. The molecule has 0 saturated carbocycles. The van der Waals surface area contributed by atoms with Crippen LogP contribution in [0.5, 0.6) is 0 Å². The lowest BCUT2D eigenvalue weighted by Gasteiger charge is -2.32. The highest BCUT2D eigenvalue weighted by molar-refractivity contribution is 7.99. The van der Waals surface area contributed by atoms with Crippen molar-refractivity contribution in [2.45, 2.75) is 44.2 Å². The van der Waals surface area contributed by atoms with Crippen LogP contribution in [0.1, 0.15) is 34.3 Å². The summed E-state index contributed by atoms with van der Waals surface area (Å²) >= 11 is 1.59. The summed E-state index contributed by atoms with van der Waals surface area (Å²) in [5.74, 6) is -0.0349. The standard InChI is InChI=1S/C27H33N3O3S/c1-19-7-8-22-20(2)18-26(31)30(24(22)17-19)15-14-29-12-9-21(10-13-29)28-11-16-34-25-6-4-3-5-23(25)27(32)33/h3-8,17-18,21,28H,9-16H2,1-2H3,(H,32,33). The van der Waals surface area contributed by atoms with Crippen LogP contribution >= 0.6 is 11.8 Å². The fourth-order valence-corrected chi connectivity index (χ4v) is 5.61. The van der Waals surface area contributed by atoms with Gasteiger partial charge in [-0.05, 0) is 69.1 Å². The summed E-state index contributed by atoms with van der Waals surface area (Å²) < 4.78 is 1.92. The summed E-state index contributed by atoms with van der Waals surface area (Å²) in [4.78, 5) is 27.3. The number of thioether (sulfide) groups is 1. The van der Waals surface area contributed by atoms with E-state index in [-0.39, 0.29) is 5.56 Å². The lowest BCUT2D eigenvalue weighted by atomic mass is 10.1. The van der Waals surface area contributed by atoms with Crippen molar-refractivity contribution < 1.29 is 9.90 Å². The Morgan fingerprint density at radius 3 is 2.62 bits per heavy atom. The van der Waals surface area contributed by atoms with Gasteiger partial charge >= 0.3 is 5.97 Å². The van der Waals surface area contributed by atoms with Crippen molar-refractivity contribution in [3.05, 3.63) is 75.6 Å². The maximum absolute atomic E-state index is 12.7. The molecule has 1 aliphatic heterocycles. The molecular weight excluding hydrogens is 446 g/mol. The number of carbonyl (C=O) groups is 1. The van der Waals surface area contributed by atoms with Gasteiger partial charge in [0.2, 0.25) is 0 Å². The van der Waals surface area contributed by atoms with Crippen LogP contribution in [0.4, 0.5) is 0 Å². The predicted molar refractivity (Wildman–Crippen MR) is 139 cm³/mol. The second kappa shape index (κ2) is 11.2. The average Bonchev–Trinajstić information content (AvgIpc) is 2.82. The van der Waals surface area contributed by atoms with Crippen LogP contribution in [0.15, 0.2) is 58.2 Å². The van der Waals surface area contributed by atoms with Gasteiger partial charge in [0, 0.05) is 47.8 Å². The number of pyridine rings is 1. The van der Waals surface area contributed by atoms with Gasteiger partial charge in [0.1, 0.15) is 0 Å². The van der Waals surface area contributed by atoms with Crippen molar-refractivity contribution in [1.82, 2.24) is 14.8 Å². The first kappa shape index (κ1) is 24.5. The molecule has 7 heteroatoms. The van der Waals surface area contributed by atoms with Gasteiger partial charge in [-0.3, -0.25) is 4.79 Å². The van der Waals surface area contributed by atoms with Crippen molar-refractivity contribution >= 4 is 28.6 Å². The van der Waals surface area contributed by atoms with Gasteiger partial charge in [-0.2, -0.15) is 0 Å². The molecule has 1 fully saturated rings. The zero-order valence-corrected chi connectivity index (χ0v) is 20.7. The van der Waals surface area contributed by atoms with E-state index in [0.29, 0.717) is 18.2 Å². The molecule has 2 aromatic carbocycles. The number of aromatic nitrogens is 1. The number of nitrogens with zero attached hydrogens (tertiary/aromatic N) is 2. The van der Waals surface area contributed by atoms with Crippen LogP contribution in [0, 0.1) is 13.8 Å². The molecule has 2 N–H and O–H groups in total. The molecule has 1 saturated heterocycles. The van der Waals surface area contributed by atoms with Crippen LogP contribution < -0.4 is 10.9 Å². The third-order valence-electron chi connectivity index (χ3n) is 6.61. The van der Waals surface area contributed by atoms with E-state index in [4.69, 9.17) is 0 Å². The maximum Gasteiger partial charge on any atom is 0.336 e. The van der Waals surface area contributed by atoms with Crippen molar-refractivity contribution in [2.24, 2.45) is 0 Å². The van der Waals surface area contributed by atoms with E-state index in [1.54, 1.807) is 30.0 Å². The molecule has 0 spiro atoms. The molecule has 3 aromatic rings. The Bertz CT molecular complexity index is 1220. The van der Waals surface area contributed by atoms with Crippen LogP contribution in [-0.4, -0.2) is 58.5 Å². The second-order valence-corrected chi connectivity index (χ2v) is 10.2. The van der Waals surface area contributed by atoms with Crippen molar-refractivity contribution in [2.75, 3.05) is 31.9 Å². The number of carboxylic acids is 1. The van der Waals surface area contributed by atoms with E-state index in [1.807, 2.05) is 23.6 Å². The van der Waals surface area contributed by atoms with Gasteiger partial charge in [-0.1, -0.05) is 24.3 Å². The first-order valence-corrected chi connectivity index (χ1v) is 12.9. The number of rotatable bonds is 9. The predicted octanol–water partition coefficient (Wildman–Crippen LogP) is 4.16. The topological polar surface area (TPSA) is 74.6 Å². The molecule has 180 valence electrons. The van der Waals surface area contributed by atoms with E-state index in [2.05, 4.69) is 35.3 Å². The van der Waals surface area contributed by atoms with Crippen molar-refractivity contribution in [3.63, 3.8) is 0 Å². The Kier molecular flexibility index (Phi) is 8.08. The minimum absolute atomic E-state index is 0.0779. The number of nitrogens with one attached hydrogen (secondary N) is 1. The monoisotopic (exact) mass is 479 g/mol. The molecule has 1 aliphatic rings. The van der Waals surface area contributed by atoms with E-state index >= 15 is 0 Å². The van der Waals surface area contributed by atoms with Gasteiger partial charge in [0.15, 0.2) is 0 Å². The number of piperidine rings is 1. The highest BCUT2D eigenvalue weighted by Gasteiger charge is 2.19. The quantitative estimate of drug-likeness (QED) is 0.355. The van der Waals surface area contributed by atoms with Crippen molar-refractivity contribution in [3.8, 4) is 0 Å². The molecule has 34 heavy (non-hydrogen) atoms. The lowest BCUT2D eigenvalue weighted by molar-refractivity contribution is 0.0693. The Balaban J connectivity index is 1.24. The molecule has 0 amide bonds. The molecule has 0 aliphatic carbocycles. The van der Waals surface area contributed by atoms with Gasteiger partial charge in [0.25, 0.3) is 5.56 Å². The van der Waals surface area contributed by atoms with E-state index in [9.17, 15) is 14.7 Å². The Hall–Kier alpha value is -2.61. The fraction of sp³-hybridized carbons (Fsp3) is 0.407. The summed E-state index contributed by atoms with van der Waals surface area (Å²) in [6, 6.07) is 15.7. The van der Waals surface area contributed by atoms with E-state index in [1.165, 1.54) is 5.56 Å². The highest BCUT2D eigenvalue weighted by atomic mass is 32.2. The number of fused-ring (bicyclic) bond motifs is 1. The molecule has 0 radical (unpaired) electrons. The SMILES string of the molecule is Cc1ccc2c(C)cc(=O)n(CCN3CCC(NCCSc4ccccc4C(=O)O)CC3)c2c1. The summed E-state index contributed by atoms with van der Waals surface area (Å²) in [7, 11) is 0. The first-order chi connectivity index (χ1) is 16.4. The number of benzene rings is 2. The molecule has 2 heterocycles. The average molecular weight is 480 g/mol. The van der Waals surface area contributed by atoms with Gasteiger partial charge in [-0.25, -0.2) is 4.79 Å². The smallest absolute Gasteiger partial charge is 0.336 e. The molecule has 1 aromatic heterocycles. The Labute approximate surface area is 205 Å². The third-order valence-corrected chi connectivity index (χ3v) is 7.69. The van der Waals surface area contributed by atoms with Crippen LogP contribution in [0.2, 0.25) is 0 Å². The normalized spacial score (nSPS) is 15.1. The molecule has 0 unspecified atom stereocenters. The second-order valence-electron chi connectivity index (χ2n) is 9.06. The van der Waals surface area contributed by atoms with Crippen molar-refractivity contribution in [1.29, 1.82) is 0 Å². The van der Waals surface area contributed by atoms with E-state index in [0.717, 1.165) is 66.1 Å². The fourth-order valence-electron chi connectivity index (χ4n) is 4.68. The molecule has 0 atom stereocenters. The minimum Gasteiger partial charge on any atom is -0.478 e. The zero-order chi connectivity index (χ0) is 24.1. The number of hydrogen-bond acceptors (Lipinski definition) is 5. The van der Waals surface area contributed by atoms with Crippen LogP contribution in [0.3, 0.4) is 0 Å². The number of hydrogen-bond donors (Lipinski definition) is 2. The summed E-state index contributed by atoms with van der Waals surface area (Å²) in [5.41, 5.74) is 3.68. The van der Waals surface area contributed by atoms with Crippen LogP contribution in [0.25, 0.3) is 10.9 Å². The molecule has 4 rings (SSSR count). The largest absolute Gasteiger partial charge is 0.478 e.